The van der Waals surface area contributed by atoms with Gasteiger partial charge in [-0.25, -0.2) is 4.79 Å². The molecule has 1 aliphatic carbocycles. The van der Waals surface area contributed by atoms with Crippen molar-refractivity contribution in [1.82, 2.24) is 4.90 Å². The Morgan fingerprint density at radius 1 is 1.35 bits per heavy atom. The van der Waals surface area contributed by atoms with Gasteiger partial charge in [0.1, 0.15) is 0 Å². The molecule has 9 heteroatoms. The van der Waals surface area contributed by atoms with Crippen molar-refractivity contribution in [2.24, 2.45) is 16.8 Å². The Balaban J connectivity index is 1.72. The fraction of sp³-hybridized carbons (Fsp3) is 0.545. The van der Waals surface area contributed by atoms with E-state index in [9.17, 15) is 14.9 Å². The van der Waals surface area contributed by atoms with Crippen molar-refractivity contribution in [2.45, 2.75) is 44.6 Å². The van der Waals surface area contributed by atoms with Crippen LogP contribution in [0.4, 0.5) is 4.79 Å². The van der Waals surface area contributed by atoms with Crippen LogP contribution in [0.2, 0.25) is 5.02 Å². The number of hydrogen-bond acceptors (Lipinski definition) is 5. The first-order valence-corrected chi connectivity index (χ1v) is 11.8. The minimum Gasteiger partial charge on any atom is -0.450 e. The molecule has 0 radical (unpaired) electrons. The number of nitrogens with zero attached hydrogens (tertiary/aromatic N) is 3. The zero-order valence-electron chi connectivity index (χ0n) is 17.3. The average molecular weight is 511 g/mol. The number of likely N-dealkylation sites (tertiary alicyclic amines) is 1. The highest BCUT2D eigenvalue weighted by Crippen LogP contribution is 2.47. The highest BCUT2D eigenvalue weighted by Gasteiger charge is 2.44. The van der Waals surface area contributed by atoms with Gasteiger partial charge in [-0.1, -0.05) is 33.6 Å². The number of benzene rings is 1. The molecular formula is C22H25BrClN3O4. The number of aliphatic imine (C=N–C) groups is 1. The highest BCUT2D eigenvalue weighted by atomic mass is 79.9. The molecule has 1 aromatic carbocycles. The van der Waals surface area contributed by atoms with Crippen molar-refractivity contribution < 1.29 is 14.5 Å². The third-order valence-corrected chi connectivity index (χ3v) is 7.34. The van der Waals surface area contributed by atoms with Gasteiger partial charge in [0.25, 0.3) is 0 Å². The van der Waals surface area contributed by atoms with Gasteiger partial charge in [-0.3, -0.25) is 15.1 Å². The summed E-state index contributed by atoms with van der Waals surface area (Å²) in [5.74, 6) is 0.208. The number of ether oxygens (including phenoxy) is 1. The summed E-state index contributed by atoms with van der Waals surface area (Å²) in [4.78, 5) is 30.5. The van der Waals surface area contributed by atoms with Crippen molar-refractivity contribution in [3.63, 3.8) is 0 Å². The second-order valence-electron chi connectivity index (χ2n) is 8.34. The lowest BCUT2D eigenvalue weighted by Gasteiger charge is -2.37. The molecule has 1 saturated heterocycles. The maximum Gasteiger partial charge on any atom is 0.409 e. The number of halogens is 2. The van der Waals surface area contributed by atoms with Gasteiger partial charge < -0.3 is 9.64 Å². The Morgan fingerprint density at radius 2 is 2.10 bits per heavy atom. The van der Waals surface area contributed by atoms with Gasteiger partial charge in [-0.15, -0.1) is 0 Å². The van der Waals surface area contributed by atoms with Gasteiger partial charge in [-0.05, 0) is 49.8 Å². The lowest BCUT2D eigenvalue weighted by atomic mass is 9.73. The van der Waals surface area contributed by atoms with Crippen LogP contribution in [0.15, 0.2) is 33.9 Å². The fourth-order valence-electron chi connectivity index (χ4n) is 5.18. The van der Waals surface area contributed by atoms with Gasteiger partial charge in [0.2, 0.25) is 6.04 Å². The number of rotatable bonds is 3. The van der Waals surface area contributed by atoms with E-state index in [4.69, 9.17) is 21.3 Å². The number of hydrogen-bond donors (Lipinski definition) is 0. The molecular weight excluding hydrogens is 486 g/mol. The van der Waals surface area contributed by atoms with Crippen molar-refractivity contribution in [2.75, 3.05) is 19.7 Å². The number of carbonyl (C=O) groups excluding carboxylic acids is 1. The molecule has 3 aliphatic rings. The Morgan fingerprint density at radius 3 is 2.77 bits per heavy atom. The molecule has 3 unspecified atom stereocenters. The van der Waals surface area contributed by atoms with Crippen LogP contribution >= 0.6 is 27.5 Å². The number of allylic oxidation sites excluding steroid dienone is 1. The first-order valence-electron chi connectivity index (χ1n) is 10.7. The van der Waals surface area contributed by atoms with E-state index >= 15 is 0 Å². The summed E-state index contributed by atoms with van der Waals surface area (Å²) in [5.41, 5.74) is 2.67. The van der Waals surface area contributed by atoms with E-state index in [0.29, 0.717) is 43.1 Å². The summed E-state index contributed by atoms with van der Waals surface area (Å²) in [6, 6.07) is 4.69. The first kappa shape index (κ1) is 22.3. The van der Waals surface area contributed by atoms with E-state index in [1.807, 2.05) is 18.3 Å². The Labute approximate surface area is 194 Å². The number of nitro groups is 1. The number of carbonyl (C=O) groups is 1. The second kappa shape index (κ2) is 9.28. The van der Waals surface area contributed by atoms with Gasteiger partial charge in [-0.2, -0.15) is 0 Å². The molecule has 166 valence electrons. The molecule has 0 N–H and O–H groups in total. The van der Waals surface area contributed by atoms with Crippen molar-refractivity contribution in [3.05, 3.63) is 55.1 Å². The Hall–Kier alpha value is -1.93. The quantitative estimate of drug-likeness (QED) is 0.385. The zero-order valence-corrected chi connectivity index (χ0v) is 19.6. The maximum absolute atomic E-state index is 12.1. The molecule has 0 spiro atoms. The molecule has 0 bridgehead atoms. The molecule has 3 atom stereocenters. The SMILES string of the molecule is CCOC(=O)N1CCC(C2C3=NC=C(Br)CC3CC([N+](=O)[O-])c3cc(Cl)ccc32)CC1. The number of amides is 1. The normalized spacial score (nSPS) is 26.2. The smallest absolute Gasteiger partial charge is 0.409 e. The van der Waals surface area contributed by atoms with Crippen LogP contribution in [-0.4, -0.2) is 41.3 Å². The first-order chi connectivity index (χ1) is 14.9. The maximum atomic E-state index is 12.1. The average Bonchev–Trinajstić information content (AvgIpc) is 2.88. The Kier molecular flexibility index (Phi) is 6.67. The molecule has 2 aliphatic heterocycles. The molecule has 1 aromatic rings. The number of fused-ring (bicyclic) bond motifs is 2. The summed E-state index contributed by atoms with van der Waals surface area (Å²) in [6.07, 6.45) is 4.26. The van der Waals surface area contributed by atoms with Crippen LogP contribution in [0.3, 0.4) is 0 Å². The van der Waals surface area contributed by atoms with Crippen LogP contribution in [0.1, 0.15) is 55.7 Å². The van der Waals surface area contributed by atoms with Crippen LogP contribution in [0.5, 0.6) is 0 Å². The molecule has 1 fully saturated rings. The fourth-order valence-corrected chi connectivity index (χ4v) is 5.85. The van der Waals surface area contributed by atoms with Gasteiger partial charge >= 0.3 is 6.09 Å². The standard InChI is InChI=1S/C22H25BrClN3O4/c1-2-31-22(28)26-7-5-13(6-8-26)20-17-4-3-16(24)11-18(17)19(27(29)30)10-14-9-15(23)12-25-21(14)20/h3-4,11-14,19-20H,2,5-10H2,1H3. The largest absolute Gasteiger partial charge is 0.450 e. The van der Waals surface area contributed by atoms with E-state index in [1.54, 1.807) is 17.9 Å². The van der Waals surface area contributed by atoms with E-state index < -0.39 is 6.04 Å². The van der Waals surface area contributed by atoms with Gasteiger partial charge in [0.05, 0.1) is 6.61 Å². The van der Waals surface area contributed by atoms with E-state index in [2.05, 4.69) is 15.9 Å². The van der Waals surface area contributed by atoms with Crippen molar-refractivity contribution >= 4 is 39.3 Å². The molecule has 31 heavy (non-hydrogen) atoms. The van der Waals surface area contributed by atoms with Crippen LogP contribution < -0.4 is 0 Å². The van der Waals surface area contributed by atoms with Crippen LogP contribution in [0.25, 0.3) is 0 Å². The van der Waals surface area contributed by atoms with Crippen LogP contribution in [0, 0.1) is 22.0 Å². The predicted octanol–water partition coefficient (Wildman–Crippen LogP) is 5.71. The Bertz CT molecular complexity index is 943. The number of piperidine rings is 1. The monoisotopic (exact) mass is 509 g/mol. The zero-order chi connectivity index (χ0) is 22.1. The molecule has 2 heterocycles. The summed E-state index contributed by atoms with van der Waals surface area (Å²) >= 11 is 9.80. The lowest BCUT2D eigenvalue weighted by Crippen LogP contribution is -2.41. The molecule has 4 rings (SSSR count). The lowest BCUT2D eigenvalue weighted by molar-refractivity contribution is -0.530. The molecule has 7 nitrogen and oxygen atoms in total. The van der Waals surface area contributed by atoms with E-state index in [0.717, 1.165) is 28.6 Å². The second-order valence-corrected chi connectivity index (χ2v) is 9.80. The minimum absolute atomic E-state index is 0.00552. The summed E-state index contributed by atoms with van der Waals surface area (Å²) in [7, 11) is 0. The topological polar surface area (TPSA) is 85.0 Å². The van der Waals surface area contributed by atoms with Crippen LogP contribution in [-0.2, 0) is 4.74 Å². The van der Waals surface area contributed by atoms with E-state index in [1.165, 1.54) is 0 Å². The summed E-state index contributed by atoms with van der Waals surface area (Å²) in [6.45, 7) is 3.38. The highest BCUT2D eigenvalue weighted by molar-refractivity contribution is 9.11. The summed E-state index contributed by atoms with van der Waals surface area (Å²) < 4.78 is 6.11. The molecule has 0 saturated carbocycles. The van der Waals surface area contributed by atoms with Gasteiger partial charge in [0.15, 0.2) is 0 Å². The molecule has 0 aromatic heterocycles. The molecule has 1 amide bonds. The third-order valence-electron chi connectivity index (χ3n) is 6.57. The van der Waals surface area contributed by atoms with E-state index in [-0.39, 0.29) is 28.8 Å². The summed E-state index contributed by atoms with van der Waals surface area (Å²) in [5, 5.41) is 12.5. The minimum atomic E-state index is -0.813. The van der Waals surface area contributed by atoms with Crippen molar-refractivity contribution in [3.8, 4) is 0 Å². The predicted molar refractivity (Wildman–Crippen MR) is 122 cm³/mol. The van der Waals surface area contributed by atoms with Gasteiger partial charge in [0, 0.05) is 63.2 Å². The van der Waals surface area contributed by atoms with Crippen molar-refractivity contribution in [1.29, 1.82) is 0 Å². The third kappa shape index (κ3) is 4.51.